The highest BCUT2D eigenvalue weighted by Crippen LogP contribution is 2.24. The Morgan fingerprint density at radius 2 is 1.77 bits per heavy atom. The summed E-state index contributed by atoms with van der Waals surface area (Å²) in [6, 6.07) is 1.05. The summed E-state index contributed by atoms with van der Waals surface area (Å²) < 4.78 is 52.1. The maximum atomic E-state index is 12.6. The Labute approximate surface area is 70.9 Å². The van der Waals surface area contributed by atoms with E-state index in [0.717, 1.165) is 0 Å². The van der Waals surface area contributed by atoms with Crippen LogP contribution in [0.5, 0.6) is 5.75 Å². The summed E-state index contributed by atoms with van der Waals surface area (Å²) in [5.74, 6) is -3.00. The lowest BCUT2D eigenvalue weighted by atomic mass is 10.3. The molecule has 2 nitrogen and oxygen atoms in total. The molecule has 1 aromatic carbocycles. The first-order valence-corrected chi connectivity index (χ1v) is 3.20. The van der Waals surface area contributed by atoms with Crippen molar-refractivity contribution in [1.82, 2.24) is 0 Å². The predicted octanol–water partition coefficient (Wildman–Crippen LogP) is 2.15. The number of hydrogen-bond acceptors (Lipinski definition) is 2. The lowest BCUT2D eigenvalue weighted by molar-refractivity contribution is -0.0521. The molecule has 0 fully saturated rings. The first-order chi connectivity index (χ1) is 6.00. The normalized spacial score (nSPS) is 10.5. The molecule has 0 saturated carbocycles. The number of halogens is 4. The van der Waals surface area contributed by atoms with Crippen molar-refractivity contribution in [2.24, 2.45) is 0 Å². The summed E-state index contributed by atoms with van der Waals surface area (Å²) in [5.41, 5.74) is 4.55. The van der Waals surface area contributed by atoms with Crippen LogP contribution in [0.4, 0.5) is 23.2 Å². The Kier molecular flexibility index (Phi) is 2.60. The van der Waals surface area contributed by atoms with Gasteiger partial charge >= 0.3 is 6.61 Å². The smallest absolute Gasteiger partial charge is 0.387 e. The average Bonchev–Trinajstić information content (AvgIpc) is 1.99. The number of nitrogens with two attached hydrogens (primary N) is 1. The zero-order valence-corrected chi connectivity index (χ0v) is 6.23. The van der Waals surface area contributed by atoms with Gasteiger partial charge in [-0.25, -0.2) is 8.78 Å². The first-order valence-electron chi connectivity index (χ1n) is 3.20. The minimum Gasteiger partial charge on any atom is -0.432 e. The minimum absolute atomic E-state index is 0.382. The Morgan fingerprint density at radius 3 is 2.31 bits per heavy atom. The fourth-order valence-electron chi connectivity index (χ4n) is 0.731. The number of alkyl halides is 2. The largest absolute Gasteiger partial charge is 0.432 e. The SMILES string of the molecule is Nc1cc(OC(F)F)c(F)cc1F. The summed E-state index contributed by atoms with van der Waals surface area (Å²) in [6.45, 7) is -3.17. The molecule has 0 aliphatic rings. The molecule has 72 valence electrons. The van der Waals surface area contributed by atoms with Crippen molar-refractivity contribution in [2.75, 3.05) is 5.73 Å². The van der Waals surface area contributed by atoms with Gasteiger partial charge in [0.15, 0.2) is 11.6 Å². The standard InChI is InChI=1S/C7H5F4NO/c8-3-1-4(9)6(2-5(3)12)13-7(10)11/h1-2,7H,12H2. The van der Waals surface area contributed by atoms with Gasteiger partial charge in [0.1, 0.15) is 5.82 Å². The Bertz CT molecular complexity index is 316. The van der Waals surface area contributed by atoms with Gasteiger partial charge in [0, 0.05) is 12.1 Å². The highest BCUT2D eigenvalue weighted by molar-refractivity contribution is 5.46. The van der Waals surface area contributed by atoms with Crippen LogP contribution in [0, 0.1) is 11.6 Å². The van der Waals surface area contributed by atoms with E-state index >= 15 is 0 Å². The molecule has 2 N–H and O–H groups in total. The number of ether oxygens (including phenoxy) is 1. The van der Waals surface area contributed by atoms with E-state index in [1.54, 1.807) is 0 Å². The molecule has 6 heteroatoms. The topological polar surface area (TPSA) is 35.2 Å². The van der Waals surface area contributed by atoms with E-state index in [0.29, 0.717) is 12.1 Å². The molecule has 0 amide bonds. The van der Waals surface area contributed by atoms with E-state index in [-0.39, 0.29) is 0 Å². The van der Waals surface area contributed by atoms with Gasteiger partial charge in [0.2, 0.25) is 0 Å². The molecule has 0 bridgehead atoms. The highest BCUT2D eigenvalue weighted by atomic mass is 19.3. The van der Waals surface area contributed by atoms with Gasteiger partial charge in [0.25, 0.3) is 0 Å². The van der Waals surface area contributed by atoms with Gasteiger partial charge in [-0.1, -0.05) is 0 Å². The average molecular weight is 195 g/mol. The zero-order chi connectivity index (χ0) is 10.0. The summed E-state index contributed by atoms with van der Waals surface area (Å²) in [6.07, 6.45) is 0. The number of rotatable bonds is 2. The van der Waals surface area contributed by atoms with E-state index in [1.165, 1.54) is 0 Å². The monoisotopic (exact) mass is 195 g/mol. The second-order valence-corrected chi connectivity index (χ2v) is 2.18. The van der Waals surface area contributed by atoms with Gasteiger partial charge in [0.05, 0.1) is 5.69 Å². The Balaban J connectivity index is 3.01. The van der Waals surface area contributed by atoms with Crippen molar-refractivity contribution in [3.63, 3.8) is 0 Å². The van der Waals surface area contributed by atoms with Gasteiger partial charge in [-0.15, -0.1) is 0 Å². The fourth-order valence-corrected chi connectivity index (χ4v) is 0.731. The number of anilines is 1. The molecule has 0 atom stereocenters. The Morgan fingerprint density at radius 1 is 1.15 bits per heavy atom. The maximum absolute atomic E-state index is 12.6. The molecule has 13 heavy (non-hydrogen) atoms. The molecule has 0 aliphatic carbocycles. The summed E-state index contributed by atoms with van der Waals surface area (Å²) >= 11 is 0. The number of nitrogen functional groups attached to an aromatic ring is 1. The summed E-state index contributed by atoms with van der Waals surface area (Å²) in [5, 5.41) is 0. The third-order valence-electron chi connectivity index (χ3n) is 1.27. The fraction of sp³-hybridized carbons (Fsp3) is 0.143. The van der Waals surface area contributed by atoms with Gasteiger partial charge in [-0.3, -0.25) is 0 Å². The van der Waals surface area contributed by atoms with Crippen LogP contribution in [0.25, 0.3) is 0 Å². The van der Waals surface area contributed by atoms with Gasteiger partial charge < -0.3 is 10.5 Å². The predicted molar refractivity (Wildman–Crippen MR) is 37.4 cm³/mol. The van der Waals surface area contributed by atoms with Crippen LogP contribution in [-0.4, -0.2) is 6.61 Å². The van der Waals surface area contributed by atoms with Crippen molar-refractivity contribution >= 4 is 5.69 Å². The molecule has 0 spiro atoms. The maximum Gasteiger partial charge on any atom is 0.387 e. The van der Waals surface area contributed by atoms with Crippen molar-refractivity contribution < 1.29 is 22.3 Å². The molecule has 0 radical (unpaired) electrons. The van der Waals surface area contributed by atoms with E-state index < -0.39 is 29.7 Å². The van der Waals surface area contributed by atoms with Gasteiger partial charge in [-0.05, 0) is 0 Å². The van der Waals surface area contributed by atoms with E-state index in [1.807, 2.05) is 0 Å². The van der Waals surface area contributed by atoms with E-state index in [4.69, 9.17) is 5.73 Å². The van der Waals surface area contributed by atoms with Crippen molar-refractivity contribution in [3.8, 4) is 5.75 Å². The molecule has 0 aliphatic heterocycles. The first kappa shape index (κ1) is 9.63. The van der Waals surface area contributed by atoms with E-state index in [2.05, 4.69) is 4.74 Å². The van der Waals surface area contributed by atoms with Crippen molar-refractivity contribution in [2.45, 2.75) is 6.61 Å². The quantitative estimate of drug-likeness (QED) is 0.579. The van der Waals surface area contributed by atoms with Crippen LogP contribution in [0.1, 0.15) is 0 Å². The second kappa shape index (κ2) is 3.51. The molecule has 1 aromatic rings. The molecule has 0 unspecified atom stereocenters. The number of benzene rings is 1. The molecule has 0 heterocycles. The van der Waals surface area contributed by atoms with E-state index in [9.17, 15) is 17.6 Å². The lowest BCUT2D eigenvalue weighted by Gasteiger charge is -2.06. The molecular weight excluding hydrogens is 190 g/mol. The minimum atomic E-state index is -3.17. The van der Waals surface area contributed by atoms with Crippen LogP contribution in [0.2, 0.25) is 0 Å². The van der Waals surface area contributed by atoms with Crippen LogP contribution in [0.15, 0.2) is 12.1 Å². The van der Waals surface area contributed by atoms with Crippen LogP contribution >= 0.6 is 0 Å². The molecule has 0 saturated heterocycles. The highest BCUT2D eigenvalue weighted by Gasteiger charge is 2.12. The third kappa shape index (κ3) is 2.24. The van der Waals surface area contributed by atoms with Crippen LogP contribution in [0.3, 0.4) is 0 Å². The lowest BCUT2D eigenvalue weighted by Crippen LogP contribution is -2.05. The van der Waals surface area contributed by atoms with Crippen molar-refractivity contribution in [1.29, 1.82) is 0 Å². The summed E-state index contributed by atoms with van der Waals surface area (Å²) in [4.78, 5) is 0. The molecule has 0 aromatic heterocycles. The second-order valence-electron chi connectivity index (χ2n) is 2.18. The summed E-state index contributed by atoms with van der Waals surface area (Å²) in [7, 11) is 0. The third-order valence-corrected chi connectivity index (χ3v) is 1.27. The van der Waals surface area contributed by atoms with Crippen molar-refractivity contribution in [3.05, 3.63) is 23.8 Å². The van der Waals surface area contributed by atoms with Crippen LogP contribution < -0.4 is 10.5 Å². The zero-order valence-electron chi connectivity index (χ0n) is 6.23. The number of hydrogen-bond donors (Lipinski definition) is 1. The molecular formula is C7H5F4NO. The molecule has 1 rings (SSSR count). The Hall–Kier alpha value is -1.46. The van der Waals surface area contributed by atoms with Gasteiger partial charge in [-0.2, -0.15) is 8.78 Å². The van der Waals surface area contributed by atoms with Crippen LogP contribution in [-0.2, 0) is 0 Å².